The molecule has 298 valence electrons. The smallest absolute Gasteiger partial charge is 0.370 e. The molecule has 58 heavy (non-hydrogen) atoms. The van der Waals surface area contributed by atoms with Gasteiger partial charge in [0.05, 0.1) is 44.2 Å². The minimum Gasteiger partial charge on any atom is -0.373 e. The van der Waals surface area contributed by atoms with Gasteiger partial charge in [-0.1, -0.05) is 114 Å². The molecule has 14 heteroatoms. The largest absolute Gasteiger partial charge is 0.373 e. The standard InChI is InChI=1S/C44H41N3O11/c1-3-23-55-36-37(56-27-33-19-11-6-12-20-33)44(28-53-25-31-15-7-4-8-16-31,42(51)58-47-39(49)34-21-13-14-22-35(34)40(47)50)57-41(36)45-24-30(2)38(48)46(43(45)52)29-54-26-32-17-9-5-10-18-32/h3-22,24,36-37,41H,1,23,25-29H2,2H3/t36-,37+,41-,44-/m1/s1. The average Bonchev–Trinajstić information content (AvgIpc) is 3.69. The van der Waals surface area contributed by atoms with Gasteiger partial charge in [0.25, 0.3) is 17.4 Å². The molecule has 0 aliphatic carbocycles. The van der Waals surface area contributed by atoms with E-state index >= 15 is 0 Å². The Kier molecular flexibility index (Phi) is 12.3. The predicted molar refractivity (Wildman–Crippen MR) is 208 cm³/mol. The van der Waals surface area contributed by atoms with E-state index in [2.05, 4.69) is 6.58 Å². The lowest BCUT2D eigenvalue weighted by molar-refractivity contribution is -0.218. The van der Waals surface area contributed by atoms with E-state index in [4.69, 9.17) is 28.5 Å². The van der Waals surface area contributed by atoms with Crippen LogP contribution in [0.15, 0.2) is 144 Å². The zero-order valence-corrected chi connectivity index (χ0v) is 31.6. The van der Waals surface area contributed by atoms with Crippen LogP contribution in [0.3, 0.4) is 0 Å². The van der Waals surface area contributed by atoms with Gasteiger partial charge >= 0.3 is 11.7 Å². The van der Waals surface area contributed by atoms with Crippen molar-refractivity contribution in [3.8, 4) is 0 Å². The lowest BCUT2D eigenvalue weighted by Gasteiger charge is -2.33. The predicted octanol–water partition coefficient (Wildman–Crippen LogP) is 4.89. The van der Waals surface area contributed by atoms with Crippen molar-refractivity contribution in [3.05, 3.63) is 188 Å². The summed E-state index contributed by atoms with van der Waals surface area (Å²) in [7, 11) is 0. The van der Waals surface area contributed by atoms with E-state index in [0.29, 0.717) is 5.06 Å². The van der Waals surface area contributed by atoms with Crippen LogP contribution in [0.1, 0.15) is 49.2 Å². The van der Waals surface area contributed by atoms with Crippen LogP contribution in [0, 0.1) is 6.92 Å². The van der Waals surface area contributed by atoms with Crippen molar-refractivity contribution in [3.63, 3.8) is 0 Å². The summed E-state index contributed by atoms with van der Waals surface area (Å²) in [5, 5.41) is 0.372. The fourth-order valence-corrected chi connectivity index (χ4v) is 6.85. The number of carbonyl (C=O) groups is 3. The molecule has 0 N–H and O–H groups in total. The Labute approximate surface area is 333 Å². The summed E-state index contributed by atoms with van der Waals surface area (Å²) in [6, 6.07) is 33.6. The van der Waals surface area contributed by atoms with E-state index in [9.17, 15) is 24.0 Å². The first kappa shape index (κ1) is 39.9. The molecule has 7 rings (SSSR count). The highest BCUT2D eigenvalue weighted by Crippen LogP contribution is 2.43. The average molecular weight is 788 g/mol. The maximum Gasteiger partial charge on any atom is 0.370 e. The van der Waals surface area contributed by atoms with Crippen LogP contribution >= 0.6 is 0 Å². The molecule has 1 fully saturated rings. The Morgan fingerprint density at radius 3 is 1.84 bits per heavy atom. The Morgan fingerprint density at radius 1 is 0.741 bits per heavy atom. The van der Waals surface area contributed by atoms with Crippen molar-refractivity contribution in [2.45, 2.75) is 57.5 Å². The van der Waals surface area contributed by atoms with Crippen molar-refractivity contribution in [1.29, 1.82) is 0 Å². The SMILES string of the molecule is C=CCO[C@H]1[C@H](n2cc(C)c(=O)n(COCc3ccccc3)c2=O)O[C@@](COCc2ccccc2)(C(=O)ON2C(=O)c3ccccc3C2=O)[C@H]1OCc1ccccc1. The molecule has 2 aliphatic rings. The fourth-order valence-electron chi connectivity index (χ4n) is 6.85. The number of aromatic nitrogens is 2. The molecule has 0 unspecified atom stereocenters. The highest BCUT2D eigenvalue weighted by Gasteiger charge is 2.64. The second-order valence-corrected chi connectivity index (χ2v) is 13.7. The first-order valence-corrected chi connectivity index (χ1v) is 18.5. The van der Waals surface area contributed by atoms with E-state index in [0.717, 1.165) is 25.8 Å². The van der Waals surface area contributed by atoms with Crippen molar-refractivity contribution >= 4 is 17.8 Å². The summed E-state index contributed by atoms with van der Waals surface area (Å²) < 4.78 is 33.6. The van der Waals surface area contributed by atoms with Gasteiger partial charge in [-0.2, -0.15) is 0 Å². The molecular formula is C44H41N3O11. The van der Waals surface area contributed by atoms with Gasteiger partial charge in [0.1, 0.15) is 18.9 Å². The summed E-state index contributed by atoms with van der Waals surface area (Å²) >= 11 is 0. The van der Waals surface area contributed by atoms with E-state index in [-0.39, 0.29) is 43.1 Å². The normalized spacial score (nSPS) is 19.9. The Morgan fingerprint density at radius 2 is 1.28 bits per heavy atom. The third kappa shape index (κ3) is 8.23. The van der Waals surface area contributed by atoms with E-state index in [1.54, 1.807) is 12.1 Å². The molecule has 0 radical (unpaired) electrons. The van der Waals surface area contributed by atoms with Crippen LogP contribution < -0.4 is 11.2 Å². The topological polar surface area (TPSA) is 154 Å². The van der Waals surface area contributed by atoms with Gasteiger partial charge in [-0.25, -0.2) is 14.2 Å². The Balaban J connectivity index is 1.31. The second kappa shape index (κ2) is 17.9. The molecule has 1 aromatic heterocycles. The minimum atomic E-state index is -2.30. The van der Waals surface area contributed by atoms with E-state index in [1.165, 1.54) is 31.3 Å². The lowest BCUT2D eigenvalue weighted by atomic mass is 9.95. The van der Waals surface area contributed by atoms with Crippen LogP contribution in [0.25, 0.3) is 0 Å². The number of ether oxygens (including phenoxy) is 5. The molecule has 1 saturated heterocycles. The fraction of sp³-hybridized carbons (Fsp3) is 0.250. The number of rotatable bonds is 17. The number of benzene rings is 4. The monoisotopic (exact) mass is 787 g/mol. The highest BCUT2D eigenvalue weighted by molar-refractivity contribution is 6.21. The summed E-state index contributed by atoms with van der Waals surface area (Å²) in [5.41, 5.74) is -1.18. The van der Waals surface area contributed by atoms with Gasteiger partial charge in [-0.3, -0.25) is 19.0 Å². The van der Waals surface area contributed by atoms with Crippen LogP contribution in [-0.4, -0.2) is 63.0 Å². The van der Waals surface area contributed by atoms with Crippen LogP contribution in [0.2, 0.25) is 0 Å². The molecule has 3 heterocycles. The zero-order chi connectivity index (χ0) is 40.6. The zero-order valence-electron chi connectivity index (χ0n) is 31.6. The van der Waals surface area contributed by atoms with Crippen LogP contribution in [0.4, 0.5) is 0 Å². The Hall–Kier alpha value is -6.29. The molecule has 0 saturated carbocycles. The number of hydrogen-bond acceptors (Lipinski definition) is 11. The van der Waals surface area contributed by atoms with Crippen molar-refractivity contribution in [2.24, 2.45) is 0 Å². The van der Waals surface area contributed by atoms with Crippen molar-refractivity contribution < 1.29 is 42.9 Å². The van der Waals surface area contributed by atoms with E-state index < -0.39 is 66.4 Å². The number of hydrogen-bond donors (Lipinski definition) is 0. The minimum absolute atomic E-state index is 0.00316. The van der Waals surface area contributed by atoms with Crippen LogP contribution in [0.5, 0.6) is 0 Å². The number of aryl methyl sites for hydroxylation is 1. The van der Waals surface area contributed by atoms with Gasteiger partial charge in [0.15, 0.2) is 6.23 Å². The number of imide groups is 1. The van der Waals surface area contributed by atoms with Gasteiger partial charge < -0.3 is 28.5 Å². The maximum atomic E-state index is 14.9. The van der Waals surface area contributed by atoms with Crippen molar-refractivity contribution in [2.75, 3.05) is 13.2 Å². The summed E-state index contributed by atoms with van der Waals surface area (Å²) in [4.78, 5) is 75.3. The molecule has 5 aromatic rings. The quantitative estimate of drug-likeness (QED) is 0.0936. The maximum absolute atomic E-state index is 14.9. The Bertz CT molecular complexity index is 2350. The molecule has 0 spiro atoms. The molecule has 4 atom stereocenters. The van der Waals surface area contributed by atoms with Gasteiger partial charge in [0.2, 0.25) is 5.60 Å². The number of fused-ring (bicyclic) bond motifs is 1. The number of hydroxylamine groups is 2. The summed E-state index contributed by atoms with van der Waals surface area (Å²) in [5.74, 6) is -2.95. The first-order valence-electron chi connectivity index (χ1n) is 18.5. The first-order chi connectivity index (χ1) is 28.2. The number of nitrogens with zero attached hydrogens (tertiary/aromatic N) is 3. The van der Waals surface area contributed by atoms with Crippen molar-refractivity contribution in [1.82, 2.24) is 14.2 Å². The second-order valence-electron chi connectivity index (χ2n) is 13.7. The van der Waals surface area contributed by atoms with Crippen LogP contribution in [-0.2, 0) is 59.9 Å². The third-order valence-electron chi connectivity index (χ3n) is 9.73. The molecule has 4 aromatic carbocycles. The van der Waals surface area contributed by atoms with Gasteiger partial charge in [-0.05, 0) is 35.7 Å². The third-order valence-corrected chi connectivity index (χ3v) is 9.73. The molecular weight excluding hydrogens is 746 g/mol. The molecule has 2 amide bonds. The summed E-state index contributed by atoms with van der Waals surface area (Å²) in [6.45, 7) is 4.31. The molecule has 2 aliphatic heterocycles. The molecule has 14 nitrogen and oxygen atoms in total. The highest BCUT2D eigenvalue weighted by atomic mass is 16.7. The lowest BCUT2D eigenvalue weighted by Crippen LogP contribution is -2.57. The number of carbonyl (C=O) groups excluding carboxylic acids is 3. The van der Waals surface area contributed by atoms with E-state index in [1.807, 2.05) is 91.0 Å². The van der Waals surface area contributed by atoms with Gasteiger partial charge in [0, 0.05) is 11.8 Å². The van der Waals surface area contributed by atoms with Gasteiger partial charge in [-0.15, -0.1) is 6.58 Å². The molecule has 0 bridgehead atoms. The number of amides is 2. The summed E-state index contributed by atoms with van der Waals surface area (Å²) in [6.07, 6.45) is -1.38.